The highest BCUT2D eigenvalue weighted by molar-refractivity contribution is 7.80. The van der Waals surface area contributed by atoms with Gasteiger partial charge in [-0.15, -0.1) is 0 Å². The van der Waals surface area contributed by atoms with Crippen LogP contribution in [0, 0.1) is 0 Å². The third-order valence-corrected chi connectivity index (χ3v) is 4.77. The van der Waals surface area contributed by atoms with Gasteiger partial charge in [0.2, 0.25) is 0 Å². The summed E-state index contributed by atoms with van der Waals surface area (Å²) in [6.45, 7) is 9.25. The van der Waals surface area contributed by atoms with Crippen LogP contribution in [0.4, 0.5) is 5.69 Å². The van der Waals surface area contributed by atoms with Crippen molar-refractivity contribution >= 4 is 23.0 Å². The predicted octanol–water partition coefficient (Wildman–Crippen LogP) is 3.79. The standard InChI is InChI=1S/C22H29N3O2S/c1-17(2)27-21-9-5-8-20(14-21)24-22(28)23-15-18-6-3-4-7-19(18)16-25-10-12-26-13-11-25/h3-9,14,17H,10-13,15-16H2,1-2H3,(H2,23,24,28). The molecule has 0 saturated carbocycles. The molecule has 6 heteroatoms. The summed E-state index contributed by atoms with van der Waals surface area (Å²) < 4.78 is 11.2. The fraction of sp³-hybridized carbons (Fsp3) is 0.409. The number of thiocarbonyl (C=S) groups is 1. The molecule has 0 aromatic heterocycles. The van der Waals surface area contributed by atoms with E-state index >= 15 is 0 Å². The molecule has 0 radical (unpaired) electrons. The molecule has 0 amide bonds. The van der Waals surface area contributed by atoms with E-state index in [1.807, 2.05) is 38.1 Å². The lowest BCUT2D eigenvalue weighted by atomic mass is 10.1. The van der Waals surface area contributed by atoms with Crippen LogP contribution in [0.1, 0.15) is 25.0 Å². The van der Waals surface area contributed by atoms with Crippen LogP contribution >= 0.6 is 12.2 Å². The summed E-state index contributed by atoms with van der Waals surface area (Å²) in [6.07, 6.45) is 0.142. The maximum Gasteiger partial charge on any atom is 0.171 e. The molecule has 0 atom stereocenters. The van der Waals surface area contributed by atoms with Gasteiger partial charge in [-0.25, -0.2) is 0 Å². The molecule has 1 heterocycles. The average molecular weight is 400 g/mol. The highest BCUT2D eigenvalue weighted by Crippen LogP contribution is 2.18. The molecule has 1 aliphatic rings. The number of nitrogens with zero attached hydrogens (tertiary/aromatic N) is 1. The number of morpholine rings is 1. The Hall–Kier alpha value is -2.15. The average Bonchev–Trinajstić information content (AvgIpc) is 2.68. The summed E-state index contributed by atoms with van der Waals surface area (Å²) in [6, 6.07) is 16.4. The Labute approximate surface area is 173 Å². The number of anilines is 1. The Morgan fingerprint density at radius 2 is 1.86 bits per heavy atom. The van der Waals surface area contributed by atoms with Crippen LogP contribution in [-0.4, -0.2) is 42.4 Å². The van der Waals surface area contributed by atoms with Crippen molar-refractivity contribution < 1.29 is 9.47 Å². The first-order chi connectivity index (χ1) is 13.6. The Kier molecular flexibility index (Phi) is 7.65. The zero-order valence-electron chi connectivity index (χ0n) is 16.6. The van der Waals surface area contributed by atoms with Crippen molar-refractivity contribution in [2.24, 2.45) is 0 Å². The molecule has 2 aromatic carbocycles. The third kappa shape index (κ3) is 6.48. The van der Waals surface area contributed by atoms with Crippen molar-refractivity contribution in [3.05, 3.63) is 59.7 Å². The van der Waals surface area contributed by atoms with Crippen LogP contribution in [0.2, 0.25) is 0 Å². The summed E-state index contributed by atoms with van der Waals surface area (Å²) in [5.41, 5.74) is 3.50. The second kappa shape index (κ2) is 10.4. The van der Waals surface area contributed by atoms with Gasteiger partial charge >= 0.3 is 0 Å². The summed E-state index contributed by atoms with van der Waals surface area (Å²) in [4.78, 5) is 2.43. The molecule has 2 N–H and O–H groups in total. The van der Waals surface area contributed by atoms with Gasteiger partial charge < -0.3 is 20.1 Å². The van der Waals surface area contributed by atoms with Gasteiger partial charge in [-0.2, -0.15) is 0 Å². The van der Waals surface area contributed by atoms with Gasteiger partial charge in [-0.3, -0.25) is 4.90 Å². The Morgan fingerprint density at radius 3 is 2.61 bits per heavy atom. The van der Waals surface area contributed by atoms with Gasteiger partial charge in [-0.05, 0) is 49.3 Å². The Bertz CT molecular complexity index is 776. The van der Waals surface area contributed by atoms with Gasteiger partial charge in [0.15, 0.2) is 5.11 Å². The third-order valence-electron chi connectivity index (χ3n) is 4.52. The molecule has 0 aliphatic carbocycles. The quantitative estimate of drug-likeness (QED) is 0.691. The zero-order chi connectivity index (χ0) is 19.8. The van der Waals surface area contributed by atoms with Crippen LogP contribution < -0.4 is 15.4 Å². The second-order valence-electron chi connectivity index (χ2n) is 7.16. The zero-order valence-corrected chi connectivity index (χ0v) is 17.4. The molecule has 0 spiro atoms. The van der Waals surface area contributed by atoms with E-state index in [0.29, 0.717) is 11.7 Å². The van der Waals surface area contributed by atoms with Gasteiger partial charge in [0.25, 0.3) is 0 Å². The summed E-state index contributed by atoms with van der Waals surface area (Å²) in [5, 5.41) is 7.16. The van der Waals surface area contributed by atoms with Crippen LogP contribution in [0.15, 0.2) is 48.5 Å². The second-order valence-corrected chi connectivity index (χ2v) is 7.57. The number of benzene rings is 2. The minimum atomic E-state index is 0.142. The normalized spacial score (nSPS) is 14.7. The van der Waals surface area contributed by atoms with Gasteiger partial charge in [0, 0.05) is 37.9 Å². The maximum atomic E-state index is 5.74. The predicted molar refractivity (Wildman–Crippen MR) is 118 cm³/mol. The molecule has 5 nitrogen and oxygen atoms in total. The van der Waals surface area contributed by atoms with Gasteiger partial charge in [-0.1, -0.05) is 30.3 Å². The van der Waals surface area contributed by atoms with E-state index < -0.39 is 0 Å². The molecular weight excluding hydrogens is 370 g/mol. The Morgan fingerprint density at radius 1 is 1.11 bits per heavy atom. The van der Waals surface area contributed by atoms with Crippen LogP contribution in [-0.2, 0) is 17.8 Å². The van der Waals surface area contributed by atoms with Gasteiger partial charge in [0.1, 0.15) is 5.75 Å². The van der Waals surface area contributed by atoms with Crippen molar-refractivity contribution in [1.29, 1.82) is 0 Å². The van der Waals surface area contributed by atoms with Crippen molar-refractivity contribution in [3.63, 3.8) is 0 Å². The molecule has 28 heavy (non-hydrogen) atoms. The lowest BCUT2D eigenvalue weighted by Crippen LogP contribution is -2.36. The van der Waals surface area contributed by atoms with Crippen molar-refractivity contribution in [1.82, 2.24) is 10.2 Å². The first kappa shape index (κ1) is 20.6. The lowest BCUT2D eigenvalue weighted by molar-refractivity contribution is 0.0341. The number of ether oxygens (including phenoxy) is 2. The Balaban J connectivity index is 1.54. The first-order valence-corrected chi connectivity index (χ1v) is 10.2. The van der Waals surface area contributed by atoms with Crippen molar-refractivity contribution in [2.75, 3.05) is 31.6 Å². The maximum absolute atomic E-state index is 5.74. The lowest BCUT2D eigenvalue weighted by Gasteiger charge is -2.27. The summed E-state index contributed by atoms with van der Waals surface area (Å²) >= 11 is 5.48. The first-order valence-electron chi connectivity index (χ1n) is 9.78. The van der Waals surface area contributed by atoms with E-state index in [1.54, 1.807) is 0 Å². The molecule has 0 bridgehead atoms. The van der Waals surface area contributed by atoms with E-state index in [2.05, 4.69) is 39.8 Å². The molecule has 0 unspecified atom stereocenters. The van der Waals surface area contributed by atoms with E-state index in [0.717, 1.165) is 44.3 Å². The smallest absolute Gasteiger partial charge is 0.171 e. The van der Waals surface area contributed by atoms with Crippen LogP contribution in [0.3, 0.4) is 0 Å². The molecule has 1 aliphatic heterocycles. The highest BCUT2D eigenvalue weighted by atomic mass is 32.1. The highest BCUT2D eigenvalue weighted by Gasteiger charge is 2.12. The fourth-order valence-electron chi connectivity index (χ4n) is 3.15. The van der Waals surface area contributed by atoms with E-state index in [9.17, 15) is 0 Å². The molecule has 3 rings (SSSR count). The molecule has 150 valence electrons. The molecular formula is C22H29N3O2S. The molecule has 1 saturated heterocycles. The van der Waals surface area contributed by atoms with Crippen molar-refractivity contribution in [3.8, 4) is 5.75 Å². The summed E-state index contributed by atoms with van der Waals surface area (Å²) in [5.74, 6) is 0.832. The van der Waals surface area contributed by atoms with Gasteiger partial charge in [0.05, 0.1) is 19.3 Å². The summed E-state index contributed by atoms with van der Waals surface area (Å²) in [7, 11) is 0. The van der Waals surface area contributed by atoms with Crippen LogP contribution in [0.25, 0.3) is 0 Å². The van der Waals surface area contributed by atoms with E-state index in [4.69, 9.17) is 21.7 Å². The minimum Gasteiger partial charge on any atom is -0.491 e. The number of nitrogens with one attached hydrogen (secondary N) is 2. The monoisotopic (exact) mass is 399 g/mol. The van der Waals surface area contributed by atoms with Crippen LogP contribution in [0.5, 0.6) is 5.75 Å². The SMILES string of the molecule is CC(C)Oc1cccc(NC(=S)NCc2ccccc2CN2CCOCC2)c1. The molecule has 1 fully saturated rings. The topological polar surface area (TPSA) is 45.8 Å². The minimum absolute atomic E-state index is 0.142. The fourth-order valence-corrected chi connectivity index (χ4v) is 3.34. The van der Waals surface area contributed by atoms with E-state index in [-0.39, 0.29) is 6.10 Å². The largest absolute Gasteiger partial charge is 0.491 e. The number of hydrogen-bond acceptors (Lipinski definition) is 4. The van der Waals surface area contributed by atoms with E-state index in [1.165, 1.54) is 11.1 Å². The number of rotatable bonds is 7. The van der Waals surface area contributed by atoms with Crippen molar-refractivity contribution in [2.45, 2.75) is 33.0 Å². The molecule has 2 aromatic rings. The number of hydrogen-bond donors (Lipinski definition) is 2.